The molecule has 0 saturated carbocycles. The lowest BCUT2D eigenvalue weighted by atomic mass is 10.0. The van der Waals surface area contributed by atoms with Crippen LogP contribution in [0.15, 0.2) is 53.0 Å². The van der Waals surface area contributed by atoms with Gasteiger partial charge in [0.15, 0.2) is 0 Å². The van der Waals surface area contributed by atoms with Crippen LogP contribution in [0.4, 0.5) is 11.4 Å². The number of benzene rings is 2. The number of hydrogen-bond donors (Lipinski definition) is 1. The fourth-order valence-corrected chi connectivity index (χ4v) is 3.17. The SMILES string of the molecule is CCN(CC)c1ccc2c(c1)OC(O)C(C(C)=Nc1ccccc1C)=C2. The molecule has 3 rings (SSSR count). The Bertz CT molecular complexity index is 851. The minimum absolute atomic E-state index is 0.691. The summed E-state index contributed by atoms with van der Waals surface area (Å²) in [6.45, 7) is 10.0. The maximum atomic E-state index is 10.5. The molecule has 0 fully saturated rings. The molecule has 2 aromatic rings. The van der Waals surface area contributed by atoms with Crippen molar-refractivity contribution in [2.24, 2.45) is 4.99 Å². The zero-order valence-electron chi connectivity index (χ0n) is 15.9. The zero-order chi connectivity index (χ0) is 18.7. The molecule has 1 aliphatic heterocycles. The monoisotopic (exact) mass is 350 g/mol. The Hall–Kier alpha value is -2.59. The van der Waals surface area contributed by atoms with Gasteiger partial charge < -0.3 is 14.7 Å². The standard InChI is InChI=1S/C22H26N2O2/c1-5-24(6-2)18-12-11-17-13-19(22(25)26-21(17)14-18)16(4)23-20-10-8-7-9-15(20)3/h7-14,22,25H,5-6H2,1-4H3. The van der Waals surface area contributed by atoms with E-state index in [-0.39, 0.29) is 0 Å². The van der Waals surface area contributed by atoms with Crippen molar-refractivity contribution in [1.82, 2.24) is 0 Å². The first kappa shape index (κ1) is 18.2. The Labute approximate surface area is 155 Å². The smallest absolute Gasteiger partial charge is 0.226 e. The second-order valence-electron chi connectivity index (χ2n) is 6.45. The molecule has 1 heterocycles. The summed E-state index contributed by atoms with van der Waals surface area (Å²) in [5, 5.41) is 10.5. The van der Waals surface area contributed by atoms with E-state index < -0.39 is 6.29 Å². The maximum absolute atomic E-state index is 10.5. The first-order valence-electron chi connectivity index (χ1n) is 9.10. The highest BCUT2D eigenvalue weighted by molar-refractivity contribution is 6.05. The van der Waals surface area contributed by atoms with E-state index in [0.717, 1.165) is 41.3 Å². The number of aliphatic imine (C=N–C) groups is 1. The predicted molar refractivity (Wildman–Crippen MR) is 109 cm³/mol. The van der Waals surface area contributed by atoms with Crippen LogP contribution in [0.5, 0.6) is 5.75 Å². The molecule has 0 aliphatic carbocycles. The van der Waals surface area contributed by atoms with Crippen molar-refractivity contribution >= 4 is 23.2 Å². The van der Waals surface area contributed by atoms with Crippen molar-refractivity contribution in [2.45, 2.75) is 34.0 Å². The number of aliphatic hydroxyl groups is 1. The van der Waals surface area contributed by atoms with Crippen LogP contribution in [-0.2, 0) is 0 Å². The lowest BCUT2D eigenvalue weighted by Gasteiger charge is -2.26. The Balaban J connectivity index is 1.94. The van der Waals surface area contributed by atoms with E-state index in [2.05, 4.69) is 29.8 Å². The molecular formula is C22H26N2O2. The van der Waals surface area contributed by atoms with E-state index in [1.807, 2.05) is 56.3 Å². The van der Waals surface area contributed by atoms with E-state index in [0.29, 0.717) is 11.3 Å². The third kappa shape index (κ3) is 3.65. The van der Waals surface area contributed by atoms with Crippen molar-refractivity contribution in [2.75, 3.05) is 18.0 Å². The van der Waals surface area contributed by atoms with E-state index in [9.17, 15) is 5.11 Å². The van der Waals surface area contributed by atoms with Crippen LogP contribution < -0.4 is 9.64 Å². The first-order chi connectivity index (χ1) is 12.5. The molecular weight excluding hydrogens is 324 g/mol. The van der Waals surface area contributed by atoms with E-state index in [4.69, 9.17) is 4.74 Å². The summed E-state index contributed by atoms with van der Waals surface area (Å²) in [4.78, 5) is 6.93. The van der Waals surface area contributed by atoms with Gasteiger partial charge in [-0.3, -0.25) is 4.99 Å². The fourth-order valence-electron chi connectivity index (χ4n) is 3.17. The van der Waals surface area contributed by atoms with Crippen LogP contribution in [0.25, 0.3) is 6.08 Å². The predicted octanol–water partition coefficient (Wildman–Crippen LogP) is 4.73. The topological polar surface area (TPSA) is 45.1 Å². The lowest BCUT2D eigenvalue weighted by molar-refractivity contribution is 0.0177. The minimum Gasteiger partial charge on any atom is -0.460 e. The summed E-state index contributed by atoms with van der Waals surface area (Å²) in [6.07, 6.45) is 0.953. The average Bonchev–Trinajstić information content (AvgIpc) is 2.64. The Kier molecular flexibility index (Phi) is 5.43. The lowest BCUT2D eigenvalue weighted by Crippen LogP contribution is -2.26. The van der Waals surface area contributed by atoms with Crippen LogP contribution in [0, 0.1) is 6.92 Å². The maximum Gasteiger partial charge on any atom is 0.226 e. The summed E-state index contributed by atoms with van der Waals surface area (Å²) in [5.74, 6) is 0.703. The molecule has 0 spiro atoms. The molecule has 1 aliphatic rings. The highest BCUT2D eigenvalue weighted by Crippen LogP contribution is 2.33. The molecule has 2 aromatic carbocycles. The van der Waals surface area contributed by atoms with Gasteiger partial charge in [0.1, 0.15) is 5.75 Å². The van der Waals surface area contributed by atoms with Crippen LogP contribution in [0.2, 0.25) is 0 Å². The van der Waals surface area contributed by atoms with Crippen LogP contribution in [0.3, 0.4) is 0 Å². The van der Waals surface area contributed by atoms with Gasteiger partial charge in [0.25, 0.3) is 0 Å². The highest BCUT2D eigenvalue weighted by Gasteiger charge is 2.23. The summed E-state index contributed by atoms with van der Waals surface area (Å²) in [6, 6.07) is 14.1. The number of nitrogens with zero attached hydrogens (tertiary/aromatic N) is 2. The summed E-state index contributed by atoms with van der Waals surface area (Å²) < 4.78 is 5.79. The van der Waals surface area contributed by atoms with Gasteiger partial charge >= 0.3 is 0 Å². The fraction of sp³-hybridized carbons (Fsp3) is 0.318. The second kappa shape index (κ2) is 7.75. The Morgan fingerprint density at radius 1 is 1.15 bits per heavy atom. The van der Waals surface area contributed by atoms with Gasteiger partial charge in [-0.05, 0) is 57.5 Å². The average molecular weight is 350 g/mol. The molecule has 26 heavy (non-hydrogen) atoms. The van der Waals surface area contributed by atoms with E-state index in [1.54, 1.807) is 0 Å². The largest absolute Gasteiger partial charge is 0.460 e. The number of ether oxygens (including phenoxy) is 1. The van der Waals surface area contributed by atoms with Gasteiger partial charge in [0.2, 0.25) is 6.29 Å². The van der Waals surface area contributed by atoms with Gasteiger partial charge in [-0.15, -0.1) is 0 Å². The van der Waals surface area contributed by atoms with Crippen molar-refractivity contribution < 1.29 is 9.84 Å². The Morgan fingerprint density at radius 2 is 1.88 bits per heavy atom. The number of hydrogen-bond acceptors (Lipinski definition) is 4. The molecule has 0 bridgehead atoms. The number of fused-ring (bicyclic) bond motifs is 1. The molecule has 4 nitrogen and oxygen atoms in total. The van der Waals surface area contributed by atoms with Gasteiger partial charge in [0.05, 0.1) is 5.69 Å². The van der Waals surface area contributed by atoms with Crippen LogP contribution in [0.1, 0.15) is 31.9 Å². The quantitative estimate of drug-likeness (QED) is 0.793. The number of aliphatic hydroxyl groups excluding tert-OH is 1. The molecule has 1 atom stereocenters. The van der Waals surface area contributed by atoms with Crippen LogP contribution >= 0.6 is 0 Å². The summed E-state index contributed by atoms with van der Waals surface area (Å²) >= 11 is 0. The Morgan fingerprint density at radius 3 is 2.58 bits per heavy atom. The van der Waals surface area contributed by atoms with Crippen molar-refractivity contribution in [3.05, 3.63) is 59.2 Å². The number of rotatable bonds is 5. The molecule has 0 saturated heterocycles. The molecule has 1 unspecified atom stereocenters. The van der Waals surface area contributed by atoms with Crippen molar-refractivity contribution in [1.29, 1.82) is 0 Å². The van der Waals surface area contributed by atoms with Gasteiger partial charge in [0, 0.05) is 41.7 Å². The molecule has 4 heteroatoms. The molecule has 136 valence electrons. The molecule has 0 radical (unpaired) electrons. The van der Waals surface area contributed by atoms with E-state index >= 15 is 0 Å². The normalized spacial score (nSPS) is 16.6. The molecule has 0 aromatic heterocycles. The number of para-hydroxylation sites is 1. The van der Waals surface area contributed by atoms with E-state index in [1.165, 1.54) is 0 Å². The van der Waals surface area contributed by atoms with Gasteiger partial charge in [-0.25, -0.2) is 0 Å². The van der Waals surface area contributed by atoms with Crippen molar-refractivity contribution in [3.8, 4) is 5.75 Å². The van der Waals surface area contributed by atoms with Gasteiger partial charge in [-0.1, -0.05) is 18.2 Å². The number of anilines is 1. The second-order valence-corrected chi connectivity index (χ2v) is 6.45. The zero-order valence-corrected chi connectivity index (χ0v) is 15.9. The first-order valence-corrected chi connectivity index (χ1v) is 9.10. The highest BCUT2D eigenvalue weighted by atomic mass is 16.6. The third-order valence-electron chi connectivity index (χ3n) is 4.76. The number of aryl methyl sites for hydroxylation is 1. The molecule has 0 amide bonds. The van der Waals surface area contributed by atoms with Crippen molar-refractivity contribution in [3.63, 3.8) is 0 Å². The summed E-state index contributed by atoms with van der Waals surface area (Å²) in [7, 11) is 0. The molecule has 1 N–H and O–H groups in total. The summed E-state index contributed by atoms with van der Waals surface area (Å²) in [5.41, 5.74) is 5.51. The third-order valence-corrected chi connectivity index (χ3v) is 4.76. The van der Waals surface area contributed by atoms with Gasteiger partial charge in [-0.2, -0.15) is 0 Å². The van der Waals surface area contributed by atoms with Crippen LogP contribution in [-0.4, -0.2) is 30.2 Å². The minimum atomic E-state index is -1.01.